The van der Waals surface area contributed by atoms with E-state index in [1.807, 2.05) is 6.92 Å². The quantitative estimate of drug-likeness (QED) is 0.692. The summed E-state index contributed by atoms with van der Waals surface area (Å²) in [7, 11) is 0. The van der Waals surface area contributed by atoms with Crippen molar-refractivity contribution in [3.63, 3.8) is 0 Å². The van der Waals surface area contributed by atoms with E-state index in [1.54, 1.807) is 24.3 Å². The zero-order valence-electron chi connectivity index (χ0n) is 15.1. The Hall–Kier alpha value is -2.41. The number of hydrogen-bond donors (Lipinski definition) is 2. The van der Waals surface area contributed by atoms with E-state index in [2.05, 4.69) is 0 Å². The smallest absolute Gasteiger partial charge is 0.292 e. The number of piperidine rings is 1. The Morgan fingerprint density at radius 1 is 1.23 bits per heavy atom. The van der Waals surface area contributed by atoms with E-state index >= 15 is 0 Å². The molecule has 3 rings (SSSR count). The third kappa shape index (κ3) is 3.72. The van der Waals surface area contributed by atoms with Crippen molar-refractivity contribution in [1.82, 2.24) is 0 Å². The fraction of sp³-hybridized carbons (Fsp3) is 0.526. The Labute approximate surface area is 153 Å². The molecule has 0 radical (unpaired) electrons. The van der Waals surface area contributed by atoms with Crippen LogP contribution in [0.3, 0.4) is 0 Å². The van der Waals surface area contributed by atoms with Crippen LogP contribution in [0.5, 0.6) is 5.75 Å². The average Bonchev–Trinajstić information content (AvgIpc) is 2.95. The number of nitrogens with one attached hydrogen (secondary N) is 1. The van der Waals surface area contributed by atoms with Crippen molar-refractivity contribution in [3.05, 3.63) is 24.3 Å². The van der Waals surface area contributed by atoms with Crippen LogP contribution in [0.15, 0.2) is 24.3 Å². The van der Waals surface area contributed by atoms with Gasteiger partial charge in [0.05, 0.1) is 31.8 Å². The van der Waals surface area contributed by atoms with Gasteiger partial charge in [0.1, 0.15) is 5.75 Å². The van der Waals surface area contributed by atoms with Gasteiger partial charge in [0.15, 0.2) is 6.04 Å². The summed E-state index contributed by atoms with van der Waals surface area (Å²) in [5, 5.41) is 0. The van der Waals surface area contributed by atoms with Crippen molar-refractivity contribution in [2.75, 3.05) is 24.6 Å². The van der Waals surface area contributed by atoms with Crippen LogP contribution in [0, 0.1) is 5.92 Å². The summed E-state index contributed by atoms with van der Waals surface area (Å²) in [6.07, 6.45) is 2.48. The lowest BCUT2D eigenvalue weighted by atomic mass is 9.95. The third-order valence-corrected chi connectivity index (χ3v) is 5.24. The zero-order valence-corrected chi connectivity index (χ0v) is 15.1. The van der Waals surface area contributed by atoms with Gasteiger partial charge in [-0.2, -0.15) is 0 Å². The van der Waals surface area contributed by atoms with Crippen molar-refractivity contribution >= 4 is 23.4 Å². The first-order valence-corrected chi connectivity index (χ1v) is 9.24. The van der Waals surface area contributed by atoms with Gasteiger partial charge >= 0.3 is 0 Å². The molecule has 1 atom stereocenters. The highest BCUT2D eigenvalue weighted by atomic mass is 16.5. The first kappa shape index (κ1) is 18.4. The molecule has 1 aromatic carbocycles. The zero-order chi connectivity index (χ0) is 18.7. The summed E-state index contributed by atoms with van der Waals surface area (Å²) >= 11 is 0. The maximum atomic E-state index is 12.8. The van der Waals surface area contributed by atoms with Gasteiger partial charge in [0.2, 0.25) is 11.8 Å². The molecule has 0 spiro atoms. The van der Waals surface area contributed by atoms with Crippen molar-refractivity contribution in [2.45, 2.75) is 38.6 Å². The standard InChI is InChI=1S/C19H25N3O4/c1-2-11-26-15-5-3-14(4-6-15)22-17(23)12-16(19(22)25)21-9-7-13(8-10-21)18(20)24/h3-6,13,16H,2,7-12H2,1H3,(H2,20,24)/p+1. The molecule has 2 aliphatic heterocycles. The van der Waals surface area contributed by atoms with Crippen LogP contribution < -0.4 is 20.3 Å². The van der Waals surface area contributed by atoms with E-state index in [0.29, 0.717) is 38.2 Å². The fourth-order valence-corrected chi connectivity index (χ4v) is 3.76. The highest BCUT2D eigenvalue weighted by Crippen LogP contribution is 2.25. The van der Waals surface area contributed by atoms with E-state index in [0.717, 1.165) is 17.1 Å². The third-order valence-electron chi connectivity index (χ3n) is 5.24. The number of nitrogens with zero attached hydrogens (tertiary/aromatic N) is 1. The number of primary amides is 1. The number of benzene rings is 1. The lowest BCUT2D eigenvalue weighted by Gasteiger charge is -2.30. The Balaban J connectivity index is 1.66. The summed E-state index contributed by atoms with van der Waals surface area (Å²) in [5.41, 5.74) is 5.95. The Bertz CT molecular complexity index is 681. The van der Waals surface area contributed by atoms with Crippen LogP contribution in [0.1, 0.15) is 32.6 Å². The number of amides is 3. The van der Waals surface area contributed by atoms with Crippen molar-refractivity contribution in [3.8, 4) is 5.75 Å². The van der Waals surface area contributed by atoms with Crippen molar-refractivity contribution in [1.29, 1.82) is 0 Å². The van der Waals surface area contributed by atoms with Gasteiger partial charge < -0.3 is 15.4 Å². The topological polar surface area (TPSA) is 94.1 Å². The second-order valence-electron chi connectivity index (χ2n) is 7.00. The molecule has 1 unspecified atom stereocenters. The lowest BCUT2D eigenvalue weighted by Crippen LogP contribution is -3.17. The molecule has 7 nitrogen and oxygen atoms in total. The predicted molar refractivity (Wildman–Crippen MR) is 95.7 cm³/mol. The van der Waals surface area contributed by atoms with Crippen LogP contribution in [0.25, 0.3) is 0 Å². The van der Waals surface area contributed by atoms with Crippen LogP contribution in [-0.2, 0) is 14.4 Å². The largest absolute Gasteiger partial charge is 0.494 e. The van der Waals surface area contributed by atoms with E-state index in [9.17, 15) is 14.4 Å². The molecule has 3 amide bonds. The minimum atomic E-state index is -0.368. The molecule has 0 aromatic heterocycles. The summed E-state index contributed by atoms with van der Waals surface area (Å²) in [6, 6.07) is 6.69. The number of likely N-dealkylation sites (tertiary alicyclic amines) is 1. The van der Waals surface area contributed by atoms with Gasteiger partial charge in [-0.05, 0) is 30.7 Å². The Morgan fingerprint density at radius 3 is 2.46 bits per heavy atom. The molecule has 0 saturated carbocycles. The minimum absolute atomic E-state index is 0.113. The van der Waals surface area contributed by atoms with Crippen molar-refractivity contribution in [2.24, 2.45) is 11.7 Å². The first-order chi connectivity index (χ1) is 12.5. The van der Waals surface area contributed by atoms with Gasteiger partial charge in [-0.3, -0.25) is 14.4 Å². The number of ether oxygens (including phenoxy) is 1. The molecule has 1 aromatic rings. The molecule has 2 saturated heterocycles. The second-order valence-corrected chi connectivity index (χ2v) is 7.00. The second kappa shape index (κ2) is 7.86. The molecular weight excluding hydrogens is 334 g/mol. The first-order valence-electron chi connectivity index (χ1n) is 9.24. The number of nitrogens with two attached hydrogens (primary N) is 1. The Kier molecular flexibility index (Phi) is 5.56. The molecule has 26 heavy (non-hydrogen) atoms. The van der Waals surface area contributed by atoms with Crippen LogP contribution in [0.4, 0.5) is 5.69 Å². The fourth-order valence-electron chi connectivity index (χ4n) is 3.76. The van der Waals surface area contributed by atoms with Gasteiger partial charge in [-0.25, -0.2) is 4.90 Å². The number of carbonyl (C=O) groups excluding carboxylic acids is 3. The molecular formula is C19H26N3O4+. The normalized spacial score (nSPS) is 26.2. The number of quaternary nitrogens is 1. The van der Waals surface area contributed by atoms with E-state index in [-0.39, 0.29) is 36.1 Å². The molecule has 0 bridgehead atoms. The Morgan fingerprint density at radius 2 is 1.88 bits per heavy atom. The molecule has 2 fully saturated rings. The monoisotopic (exact) mass is 360 g/mol. The molecule has 0 aliphatic carbocycles. The minimum Gasteiger partial charge on any atom is -0.494 e. The van der Waals surface area contributed by atoms with Crippen LogP contribution in [0.2, 0.25) is 0 Å². The number of rotatable bonds is 6. The highest BCUT2D eigenvalue weighted by Gasteiger charge is 2.46. The molecule has 2 heterocycles. The predicted octanol–water partition coefficient (Wildman–Crippen LogP) is -0.112. The van der Waals surface area contributed by atoms with Crippen LogP contribution >= 0.6 is 0 Å². The van der Waals surface area contributed by atoms with E-state index < -0.39 is 0 Å². The van der Waals surface area contributed by atoms with Gasteiger partial charge in [0.25, 0.3) is 5.91 Å². The van der Waals surface area contributed by atoms with Gasteiger partial charge in [-0.15, -0.1) is 0 Å². The highest BCUT2D eigenvalue weighted by molar-refractivity contribution is 6.21. The SMILES string of the molecule is CCCOc1ccc(N2C(=O)CC([NH+]3CCC(C(N)=O)CC3)C2=O)cc1. The van der Waals surface area contributed by atoms with Crippen molar-refractivity contribution < 1.29 is 24.0 Å². The lowest BCUT2D eigenvalue weighted by molar-refractivity contribution is -0.920. The van der Waals surface area contributed by atoms with Gasteiger partial charge in [0, 0.05) is 18.8 Å². The summed E-state index contributed by atoms with van der Waals surface area (Å²) in [5.74, 6) is 0.00417. The summed E-state index contributed by atoms with van der Waals surface area (Å²) < 4.78 is 5.54. The molecule has 7 heteroatoms. The number of anilines is 1. The maximum Gasteiger partial charge on any atom is 0.292 e. The number of carbonyl (C=O) groups is 3. The number of imide groups is 1. The molecule has 3 N–H and O–H groups in total. The maximum absolute atomic E-state index is 12.8. The average molecular weight is 360 g/mol. The van der Waals surface area contributed by atoms with E-state index in [4.69, 9.17) is 10.5 Å². The van der Waals surface area contributed by atoms with Crippen LogP contribution in [-0.4, -0.2) is 43.5 Å². The molecule has 2 aliphatic rings. The van der Waals surface area contributed by atoms with Gasteiger partial charge in [-0.1, -0.05) is 6.92 Å². The van der Waals surface area contributed by atoms with E-state index in [1.165, 1.54) is 4.90 Å². The summed E-state index contributed by atoms with van der Waals surface area (Å²) in [4.78, 5) is 39.0. The number of hydrogen-bond acceptors (Lipinski definition) is 4. The summed E-state index contributed by atoms with van der Waals surface area (Å²) in [6.45, 7) is 4.04. The molecule has 140 valence electrons.